The molecule has 7 nitrogen and oxygen atoms in total. The van der Waals surface area contributed by atoms with Gasteiger partial charge in [0, 0.05) is 19.0 Å². The van der Waals surface area contributed by atoms with E-state index in [9.17, 15) is 22.4 Å². The van der Waals surface area contributed by atoms with Gasteiger partial charge in [-0.25, -0.2) is 12.8 Å². The summed E-state index contributed by atoms with van der Waals surface area (Å²) in [4.78, 5) is 28.7. The van der Waals surface area contributed by atoms with E-state index in [2.05, 4.69) is 5.32 Å². The third-order valence-electron chi connectivity index (χ3n) is 5.97. The number of nitrogens with zero attached hydrogens (tertiary/aromatic N) is 2. The third kappa shape index (κ3) is 8.14. The van der Waals surface area contributed by atoms with Crippen LogP contribution in [-0.4, -0.2) is 50.0 Å². The second kappa shape index (κ2) is 12.7. The van der Waals surface area contributed by atoms with E-state index in [1.807, 2.05) is 51.1 Å². The van der Waals surface area contributed by atoms with Crippen molar-refractivity contribution in [2.24, 2.45) is 0 Å². The second-order valence-corrected chi connectivity index (χ2v) is 11.5. The molecule has 0 aliphatic rings. The molecule has 0 aromatic heterocycles. The van der Waals surface area contributed by atoms with Crippen LogP contribution in [0.2, 0.25) is 0 Å². The van der Waals surface area contributed by atoms with Crippen LogP contribution in [0.5, 0.6) is 0 Å². The molecular formula is C29H34FN3O4S. The number of carbonyl (C=O) groups is 2. The molecule has 1 N–H and O–H groups in total. The molecule has 2 amide bonds. The number of rotatable bonds is 11. The van der Waals surface area contributed by atoms with Gasteiger partial charge in [0.1, 0.15) is 18.4 Å². The lowest BCUT2D eigenvalue weighted by atomic mass is 10.0. The van der Waals surface area contributed by atoms with E-state index >= 15 is 0 Å². The first-order chi connectivity index (χ1) is 17.9. The van der Waals surface area contributed by atoms with E-state index < -0.39 is 34.3 Å². The van der Waals surface area contributed by atoms with Crippen LogP contribution in [0, 0.1) is 12.7 Å². The predicted molar refractivity (Wildman–Crippen MR) is 148 cm³/mol. The largest absolute Gasteiger partial charge is 0.352 e. The van der Waals surface area contributed by atoms with Gasteiger partial charge in [-0.1, -0.05) is 60.2 Å². The Morgan fingerprint density at radius 3 is 2.05 bits per heavy atom. The standard InChI is InChI=1S/C29H34FN3O4S/c1-21(2)31-29(35)27(18-23-8-6-5-7-9-23)32(19-24-12-14-25(30)15-13-24)28(34)20-33(38(4,36)37)26-16-10-22(3)11-17-26/h5-17,21,27H,18-20H2,1-4H3,(H,31,35)/t27-/m0/s1. The molecule has 3 aromatic rings. The number of hydrogen-bond acceptors (Lipinski definition) is 4. The lowest BCUT2D eigenvalue weighted by Crippen LogP contribution is -2.54. The molecule has 3 aromatic carbocycles. The zero-order valence-electron chi connectivity index (χ0n) is 22.1. The first-order valence-corrected chi connectivity index (χ1v) is 14.2. The van der Waals surface area contributed by atoms with Gasteiger partial charge in [0.15, 0.2) is 0 Å². The Balaban J connectivity index is 2.04. The molecule has 202 valence electrons. The van der Waals surface area contributed by atoms with Gasteiger partial charge in [-0.05, 0) is 56.2 Å². The fourth-order valence-corrected chi connectivity index (χ4v) is 4.90. The van der Waals surface area contributed by atoms with Gasteiger partial charge in [-0.3, -0.25) is 13.9 Å². The molecule has 0 unspecified atom stereocenters. The molecule has 0 saturated heterocycles. The smallest absolute Gasteiger partial charge is 0.244 e. The lowest BCUT2D eigenvalue weighted by Gasteiger charge is -2.34. The van der Waals surface area contributed by atoms with Gasteiger partial charge in [-0.2, -0.15) is 0 Å². The fourth-order valence-electron chi connectivity index (χ4n) is 4.05. The Labute approximate surface area is 224 Å². The number of carbonyl (C=O) groups excluding carboxylic acids is 2. The highest BCUT2D eigenvalue weighted by atomic mass is 32.2. The van der Waals surface area contributed by atoms with Crippen LogP contribution in [0.1, 0.15) is 30.5 Å². The Morgan fingerprint density at radius 1 is 0.895 bits per heavy atom. The van der Waals surface area contributed by atoms with Crippen molar-refractivity contribution >= 4 is 27.5 Å². The number of aryl methyl sites for hydroxylation is 1. The number of hydrogen-bond donors (Lipinski definition) is 1. The van der Waals surface area contributed by atoms with Crippen molar-refractivity contribution in [1.29, 1.82) is 0 Å². The summed E-state index contributed by atoms with van der Waals surface area (Å²) in [6.45, 7) is 5.03. The highest BCUT2D eigenvalue weighted by Crippen LogP contribution is 2.21. The Hall–Kier alpha value is -3.72. The topological polar surface area (TPSA) is 86.8 Å². The van der Waals surface area contributed by atoms with E-state index in [0.29, 0.717) is 11.3 Å². The van der Waals surface area contributed by atoms with Crippen LogP contribution in [0.25, 0.3) is 0 Å². The van der Waals surface area contributed by atoms with Gasteiger partial charge >= 0.3 is 0 Å². The summed E-state index contributed by atoms with van der Waals surface area (Å²) in [5.41, 5.74) is 2.74. The highest BCUT2D eigenvalue weighted by molar-refractivity contribution is 7.92. The summed E-state index contributed by atoms with van der Waals surface area (Å²) in [5, 5.41) is 2.89. The van der Waals surface area contributed by atoms with E-state index in [-0.39, 0.29) is 24.9 Å². The molecule has 0 saturated carbocycles. The molecule has 3 rings (SSSR count). The van der Waals surface area contributed by atoms with Crippen molar-refractivity contribution in [2.75, 3.05) is 17.1 Å². The average Bonchev–Trinajstić information content (AvgIpc) is 2.86. The molecule has 0 aliphatic carbocycles. The third-order valence-corrected chi connectivity index (χ3v) is 7.11. The quantitative estimate of drug-likeness (QED) is 0.398. The van der Waals surface area contributed by atoms with E-state index in [0.717, 1.165) is 21.7 Å². The number of sulfonamides is 1. The van der Waals surface area contributed by atoms with E-state index in [1.165, 1.54) is 17.0 Å². The molecule has 9 heteroatoms. The van der Waals surface area contributed by atoms with Gasteiger partial charge in [0.2, 0.25) is 21.8 Å². The number of benzene rings is 3. The van der Waals surface area contributed by atoms with Crippen LogP contribution < -0.4 is 9.62 Å². The maximum atomic E-state index is 13.9. The van der Waals surface area contributed by atoms with Crippen molar-refractivity contribution < 1.29 is 22.4 Å². The minimum Gasteiger partial charge on any atom is -0.352 e. The summed E-state index contributed by atoms with van der Waals surface area (Å²) in [5.74, 6) is -1.34. The highest BCUT2D eigenvalue weighted by Gasteiger charge is 2.33. The zero-order chi connectivity index (χ0) is 27.9. The SMILES string of the molecule is Cc1ccc(N(CC(=O)N(Cc2ccc(F)cc2)[C@@H](Cc2ccccc2)C(=O)NC(C)C)S(C)(=O)=O)cc1. The monoisotopic (exact) mass is 539 g/mol. The van der Waals surface area contributed by atoms with Gasteiger partial charge in [-0.15, -0.1) is 0 Å². The van der Waals surface area contributed by atoms with Crippen molar-refractivity contribution in [2.45, 2.75) is 45.8 Å². The molecule has 0 heterocycles. The second-order valence-electron chi connectivity index (χ2n) is 9.62. The van der Waals surface area contributed by atoms with E-state index in [1.54, 1.807) is 36.4 Å². The van der Waals surface area contributed by atoms with Crippen LogP contribution in [0.15, 0.2) is 78.9 Å². The first-order valence-electron chi connectivity index (χ1n) is 12.4. The van der Waals surface area contributed by atoms with Crippen molar-refractivity contribution in [3.63, 3.8) is 0 Å². The predicted octanol–water partition coefficient (Wildman–Crippen LogP) is 4.06. The first kappa shape index (κ1) is 28.8. The van der Waals surface area contributed by atoms with Gasteiger partial charge in [0.05, 0.1) is 11.9 Å². The summed E-state index contributed by atoms with van der Waals surface area (Å²) < 4.78 is 40.1. The summed E-state index contributed by atoms with van der Waals surface area (Å²) in [6.07, 6.45) is 1.26. The lowest BCUT2D eigenvalue weighted by molar-refractivity contribution is -0.140. The number of anilines is 1. The Kier molecular flexibility index (Phi) is 9.63. The summed E-state index contributed by atoms with van der Waals surface area (Å²) >= 11 is 0. The fraction of sp³-hybridized carbons (Fsp3) is 0.310. The molecule has 38 heavy (non-hydrogen) atoms. The molecule has 1 atom stereocenters. The number of amides is 2. The van der Waals surface area contributed by atoms with Crippen LogP contribution in [0.4, 0.5) is 10.1 Å². The summed E-state index contributed by atoms with van der Waals surface area (Å²) in [7, 11) is -3.83. The van der Waals surface area contributed by atoms with Crippen LogP contribution >= 0.6 is 0 Å². The maximum Gasteiger partial charge on any atom is 0.244 e. The zero-order valence-corrected chi connectivity index (χ0v) is 22.9. The Bertz CT molecular complexity index is 1330. The van der Waals surface area contributed by atoms with Gasteiger partial charge < -0.3 is 10.2 Å². The minimum absolute atomic E-state index is 0.00632. The number of halogens is 1. The van der Waals surface area contributed by atoms with E-state index in [4.69, 9.17) is 0 Å². The Morgan fingerprint density at radius 2 is 1.50 bits per heavy atom. The van der Waals surface area contributed by atoms with Crippen molar-refractivity contribution in [3.05, 3.63) is 101 Å². The minimum atomic E-state index is -3.83. The molecular weight excluding hydrogens is 505 g/mol. The summed E-state index contributed by atoms with van der Waals surface area (Å²) in [6, 6.07) is 20.7. The molecule has 0 fully saturated rings. The van der Waals surface area contributed by atoms with Gasteiger partial charge in [0.25, 0.3) is 0 Å². The molecule has 0 radical (unpaired) electrons. The van der Waals surface area contributed by atoms with Crippen molar-refractivity contribution in [3.8, 4) is 0 Å². The maximum absolute atomic E-state index is 13.9. The molecule has 0 spiro atoms. The van der Waals surface area contributed by atoms with Crippen LogP contribution in [0.3, 0.4) is 0 Å². The van der Waals surface area contributed by atoms with Crippen LogP contribution in [-0.2, 0) is 32.6 Å². The van der Waals surface area contributed by atoms with Crippen molar-refractivity contribution in [1.82, 2.24) is 10.2 Å². The molecule has 0 aliphatic heterocycles. The normalized spacial score (nSPS) is 12.2. The molecule has 0 bridgehead atoms. The average molecular weight is 540 g/mol. The number of nitrogens with one attached hydrogen (secondary N) is 1.